The predicted octanol–water partition coefficient (Wildman–Crippen LogP) is 0.682. The number of carbonyl (C=O) groups is 2. The summed E-state index contributed by atoms with van der Waals surface area (Å²) in [5.41, 5.74) is 0. The van der Waals surface area contributed by atoms with Crippen molar-refractivity contribution < 1.29 is 19.1 Å². The predicted molar refractivity (Wildman–Crippen MR) is 52.4 cm³/mol. The highest BCUT2D eigenvalue weighted by Crippen LogP contribution is 1.93. The van der Waals surface area contributed by atoms with E-state index in [1.807, 2.05) is 0 Å². The number of ketones is 1. The molecule has 6 nitrogen and oxygen atoms in total. The molecule has 0 saturated carbocycles. The Kier molecular flexibility index (Phi) is 8.46. The van der Waals surface area contributed by atoms with Crippen LogP contribution in [-0.4, -0.2) is 38.1 Å². The lowest BCUT2D eigenvalue weighted by atomic mass is 10.2. The highest BCUT2D eigenvalue weighted by atomic mass is 16.6. The Hall–Kier alpha value is -1.30. The Morgan fingerprint density at radius 3 is 2.47 bits per heavy atom. The Bertz CT molecular complexity index is 217. The molecule has 0 radical (unpaired) electrons. The Balaban J connectivity index is 3.23. The lowest BCUT2D eigenvalue weighted by Crippen LogP contribution is -2.12. The van der Waals surface area contributed by atoms with Gasteiger partial charge in [0.2, 0.25) is 0 Å². The molecule has 0 bridgehead atoms. The second kappa shape index (κ2) is 9.26. The van der Waals surface area contributed by atoms with Gasteiger partial charge < -0.3 is 14.3 Å². The maximum Gasteiger partial charge on any atom is 0.306 e. The van der Waals surface area contributed by atoms with Gasteiger partial charge in [0.25, 0.3) is 0 Å². The summed E-state index contributed by atoms with van der Waals surface area (Å²) in [6.07, 6.45) is 0.306. The number of Topliss-reactive ketones (excluding diaryl/α,β-unsaturated/α-hetero) is 1. The van der Waals surface area contributed by atoms with Crippen LogP contribution in [0.2, 0.25) is 0 Å². The van der Waals surface area contributed by atoms with Crippen molar-refractivity contribution in [3.8, 4) is 0 Å². The largest absolute Gasteiger partial charge is 0.463 e. The Morgan fingerprint density at radius 2 is 1.87 bits per heavy atom. The number of esters is 1. The van der Waals surface area contributed by atoms with Gasteiger partial charge >= 0.3 is 5.97 Å². The van der Waals surface area contributed by atoms with Gasteiger partial charge in [0, 0.05) is 6.42 Å². The maximum atomic E-state index is 10.9. The fourth-order valence-corrected chi connectivity index (χ4v) is 0.769. The van der Waals surface area contributed by atoms with Crippen LogP contribution >= 0.6 is 0 Å². The van der Waals surface area contributed by atoms with Crippen molar-refractivity contribution in [3.05, 3.63) is 4.91 Å². The van der Waals surface area contributed by atoms with Crippen LogP contribution in [0.3, 0.4) is 0 Å². The van der Waals surface area contributed by atoms with E-state index in [4.69, 9.17) is 9.47 Å². The number of nitrogens with zero attached hydrogens (tertiary/aromatic N) is 1. The van der Waals surface area contributed by atoms with Gasteiger partial charge in [-0.05, 0) is 6.92 Å². The van der Waals surface area contributed by atoms with E-state index in [-0.39, 0.29) is 45.0 Å². The SMILES string of the molecule is CC(=O)CCC(=O)OCCOCCN=O. The first-order valence-corrected chi connectivity index (χ1v) is 4.68. The van der Waals surface area contributed by atoms with Gasteiger partial charge in [-0.25, -0.2) is 0 Å². The lowest BCUT2D eigenvalue weighted by molar-refractivity contribution is -0.146. The van der Waals surface area contributed by atoms with Crippen LogP contribution in [0.4, 0.5) is 0 Å². The quantitative estimate of drug-likeness (QED) is 0.322. The standard InChI is InChI=1S/C9H15NO5/c1-8(11)2-3-9(12)15-7-6-14-5-4-10-13/h2-7H2,1H3. The van der Waals surface area contributed by atoms with Gasteiger partial charge in [-0.3, -0.25) is 4.79 Å². The molecule has 0 aromatic rings. The van der Waals surface area contributed by atoms with Crippen LogP contribution in [0.25, 0.3) is 0 Å². The fourth-order valence-electron chi connectivity index (χ4n) is 0.769. The molecule has 0 atom stereocenters. The first-order valence-electron chi connectivity index (χ1n) is 4.68. The second-order valence-electron chi connectivity index (χ2n) is 2.89. The molecular weight excluding hydrogens is 202 g/mol. The number of rotatable bonds is 9. The number of hydrogen-bond donors (Lipinski definition) is 0. The molecule has 0 fully saturated rings. The topological polar surface area (TPSA) is 82.0 Å². The fraction of sp³-hybridized carbons (Fsp3) is 0.778. The molecule has 0 amide bonds. The Labute approximate surface area is 87.9 Å². The summed E-state index contributed by atoms with van der Waals surface area (Å²) in [5.74, 6) is -0.456. The van der Waals surface area contributed by atoms with Crippen LogP contribution in [0, 0.1) is 4.91 Å². The molecule has 0 aliphatic heterocycles. The average Bonchev–Trinajstić information content (AvgIpc) is 2.20. The van der Waals surface area contributed by atoms with Crippen molar-refractivity contribution in [1.82, 2.24) is 0 Å². The molecule has 0 aromatic carbocycles. The number of hydrogen-bond acceptors (Lipinski definition) is 6. The van der Waals surface area contributed by atoms with Crippen molar-refractivity contribution in [1.29, 1.82) is 0 Å². The minimum atomic E-state index is -0.415. The summed E-state index contributed by atoms with van der Waals surface area (Å²) in [6, 6.07) is 0. The van der Waals surface area contributed by atoms with Gasteiger partial charge in [0.1, 0.15) is 18.9 Å². The zero-order chi connectivity index (χ0) is 11.5. The third kappa shape index (κ3) is 10.6. The number of ether oxygens (including phenoxy) is 2. The van der Waals surface area contributed by atoms with Gasteiger partial charge in [-0.1, -0.05) is 5.18 Å². The first kappa shape index (κ1) is 13.7. The Morgan fingerprint density at radius 1 is 1.13 bits per heavy atom. The highest BCUT2D eigenvalue weighted by molar-refractivity contribution is 5.80. The van der Waals surface area contributed by atoms with E-state index in [2.05, 4.69) is 5.18 Å². The van der Waals surface area contributed by atoms with E-state index in [0.717, 1.165) is 0 Å². The van der Waals surface area contributed by atoms with Gasteiger partial charge in [0.15, 0.2) is 0 Å². The summed E-state index contributed by atoms with van der Waals surface area (Å²) >= 11 is 0. The number of nitroso groups, excluding NO2 is 1. The summed E-state index contributed by atoms with van der Waals surface area (Å²) in [5, 5.41) is 2.60. The second-order valence-corrected chi connectivity index (χ2v) is 2.89. The van der Waals surface area contributed by atoms with Crippen molar-refractivity contribution >= 4 is 11.8 Å². The lowest BCUT2D eigenvalue weighted by Gasteiger charge is -2.03. The molecule has 0 saturated heterocycles. The zero-order valence-corrected chi connectivity index (χ0v) is 8.73. The average molecular weight is 217 g/mol. The van der Waals surface area contributed by atoms with E-state index in [0.29, 0.717) is 0 Å². The van der Waals surface area contributed by atoms with Crippen molar-refractivity contribution in [2.24, 2.45) is 5.18 Å². The monoisotopic (exact) mass is 217 g/mol. The summed E-state index contributed by atoms with van der Waals surface area (Å²) in [6.45, 7) is 2.12. The van der Waals surface area contributed by atoms with E-state index >= 15 is 0 Å². The third-order valence-electron chi connectivity index (χ3n) is 1.50. The third-order valence-corrected chi connectivity index (χ3v) is 1.50. The maximum absolute atomic E-state index is 10.9. The van der Waals surface area contributed by atoms with Crippen LogP contribution in [0.1, 0.15) is 19.8 Å². The molecular formula is C9H15NO5. The molecule has 86 valence electrons. The van der Waals surface area contributed by atoms with Gasteiger partial charge in [-0.2, -0.15) is 4.91 Å². The van der Waals surface area contributed by atoms with Gasteiger partial charge in [0.05, 0.1) is 19.6 Å². The summed E-state index contributed by atoms with van der Waals surface area (Å²) in [7, 11) is 0. The molecule has 0 spiro atoms. The molecule has 0 rings (SSSR count). The highest BCUT2D eigenvalue weighted by Gasteiger charge is 2.04. The van der Waals surface area contributed by atoms with E-state index in [9.17, 15) is 14.5 Å². The van der Waals surface area contributed by atoms with E-state index in [1.54, 1.807) is 0 Å². The van der Waals surface area contributed by atoms with E-state index in [1.165, 1.54) is 6.92 Å². The normalized spacial score (nSPS) is 9.67. The molecule has 15 heavy (non-hydrogen) atoms. The summed E-state index contributed by atoms with van der Waals surface area (Å²) < 4.78 is 9.66. The molecule has 0 aliphatic carbocycles. The first-order chi connectivity index (χ1) is 7.16. The summed E-state index contributed by atoms with van der Waals surface area (Å²) in [4.78, 5) is 31.1. The van der Waals surface area contributed by atoms with Crippen LogP contribution in [-0.2, 0) is 19.1 Å². The molecule has 0 aromatic heterocycles. The van der Waals surface area contributed by atoms with Crippen molar-refractivity contribution in [2.75, 3.05) is 26.4 Å². The number of carbonyl (C=O) groups excluding carboxylic acids is 2. The van der Waals surface area contributed by atoms with Crippen LogP contribution in [0.15, 0.2) is 5.18 Å². The minimum Gasteiger partial charge on any atom is -0.463 e. The smallest absolute Gasteiger partial charge is 0.306 e. The van der Waals surface area contributed by atoms with Crippen LogP contribution < -0.4 is 0 Å². The van der Waals surface area contributed by atoms with Crippen LogP contribution in [0.5, 0.6) is 0 Å². The minimum absolute atomic E-state index is 0.0414. The van der Waals surface area contributed by atoms with Crippen molar-refractivity contribution in [2.45, 2.75) is 19.8 Å². The molecule has 0 aliphatic rings. The molecule has 6 heteroatoms. The zero-order valence-electron chi connectivity index (χ0n) is 8.73. The molecule has 0 unspecified atom stereocenters. The molecule has 0 heterocycles. The van der Waals surface area contributed by atoms with Gasteiger partial charge in [-0.15, -0.1) is 0 Å². The molecule has 0 N–H and O–H groups in total. The van der Waals surface area contributed by atoms with Crippen molar-refractivity contribution in [3.63, 3.8) is 0 Å². The van der Waals surface area contributed by atoms with E-state index < -0.39 is 5.97 Å².